The lowest BCUT2D eigenvalue weighted by Crippen LogP contribution is -2.31. The molecular weight excluding hydrogens is 410 g/mol. The predicted molar refractivity (Wildman–Crippen MR) is 119 cm³/mol. The Kier molecular flexibility index (Phi) is 6.46. The fourth-order valence-electron chi connectivity index (χ4n) is 4.12. The van der Waals surface area contributed by atoms with Crippen molar-refractivity contribution in [2.45, 2.75) is 25.8 Å². The maximum atomic E-state index is 13.1. The number of carbonyl (C=O) groups excluding carboxylic acids is 2. The van der Waals surface area contributed by atoms with Crippen LogP contribution in [0.3, 0.4) is 0 Å². The number of aliphatic hydroxyl groups is 1. The van der Waals surface area contributed by atoms with Gasteiger partial charge in [0, 0.05) is 25.8 Å². The van der Waals surface area contributed by atoms with Crippen LogP contribution in [0.2, 0.25) is 0 Å². The van der Waals surface area contributed by atoms with Crippen molar-refractivity contribution in [3.8, 4) is 11.5 Å². The minimum absolute atomic E-state index is 0.0772. The molecule has 168 valence electrons. The van der Waals surface area contributed by atoms with E-state index in [0.717, 1.165) is 17.5 Å². The molecule has 0 spiro atoms. The van der Waals surface area contributed by atoms with Crippen molar-refractivity contribution in [2.75, 3.05) is 33.5 Å². The number of Topliss-reactive ketones (excluding diaryl/α,β-unsaturated/α-hetero) is 1. The molecule has 1 amide bonds. The van der Waals surface area contributed by atoms with E-state index in [1.165, 1.54) is 4.90 Å². The molecule has 2 heterocycles. The van der Waals surface area contributed by atoms with Crippen LogP contribution in [-0.4, -0.2) is 55.2 Å². The van der Waals surface area contributed by atoms with E-state index in [1.807, 2.05) is 24.3 Å². The lowest BCUT2D eigenvalue weighted by atomic mass is 9.94. The molecule has 2 aromatic rings. The molecule has 0 aromatic heterocycles. The molecule has 0 bridgehead atoms. The van der Waals surface area contributed by atoms with Crippen molar-refractivity contribution in [1.82, 2.24) is 4.90 Å². The second-order valence-electron chi connectivity index (χ2n) is 7.79. The number of nitrogens with zero attached hydrogens (tertiary/aromatic N) is 1. The first kappa shape index (κ1) is 21.9. The van der Waals surface area contributed by atoms with Crippen LogP contribution in [0.4, 0.5) is 0 Å². The molecule has 1 saturated heterocycles. The third-order valence-corrected chi connectivity index (χ3v) is 5.81. The van der Waals surface area contributed by atoms with Gasteiger partial charge in [-0.25, -0.2) is 0 Å². The minimum Gasteiger partial charge on any atom is -0.507 e. The quantitative estimate of drug-likeness (QED) is 0.309. The molecule has 0 saturated carbocycles. The number of aryl methyl sites for hydroxylation is 1. The highest BCUT2D eigenvalue weighted by atomic mass is 16.6. The summed E-state index contributed by atoms with van der Waals surface area (Å²) in [5.74, 6) is -0.457. The molecule has 4 rings (SSSR count). The largest absolute Gasteiger partial charge is 0.507 e. The van der Waals surface area contributed by atoms with Gasteiger partial charge in [0.05, 0.1) is 11.6 Å². The topological polar surface area (TPSA) is 85.3 Å². The van der Waals surface area contributed by atoms with Crippen LogP contribution in [0.15, 0.2) is 48.0 Å². The van der Waals surface area contributed by atoms with E-state index >= 15 is 0 Å². The standard InChI is InChI=1S/C25H27NO6/c1-3-16-5-7-17(8-6-16)22-21(24(28)25(29)26(22)11-4-12-30-2)23(27)18-9-10-19-20(15-18)32-14-13-31-19/h5-10,15,22,27H,3-4,11-14H2,1-2H3/b23-21+. The summed E-state index contributed by atoms with van der Waals surface area (Å²) < 4.78 is 16.3. The van der Waals surface area contributed by atoms with E-state index in [2.05, 4.69) is 6.92 Å². The van der Waals surface area contributed by atoms with E-state index < -0.39 is 17.7 Å². The number of likely N-dealkylation sites (tertiary alicyclic amines) is 1. The molecular formula is C25H27NO6. The average molecular weight is 437 g/mol. The Hall–Kier alpha value is -3.32. The number of benzene rings is 2. The van der Waals surface area contributed by atoms with E-state index in [-0.39, 0.29) is 11.3 Å². The lowest BCUT2D eigenvalue weighted by molar-refractivity contribution is -0.140. The van der Waals surface area contributed by atoms with Crippen molar-refractivity contribution in [3.63, 3.8) is 0 Å². The zero-order valence-electron chi connectivity index (χ0n) is 18.3. The molecule has 2 aliphatic rings. The molecule has 2 aromatic carbocycles. The van der Waals surface area contributed by atoms with E-state index in [4.69, 9.17) is 14.2 Å². The number of rotatable bonds is 7. The highest BCUT2D eigenvalue weighted by Crippen LogP contribution is 2.41. The van der Waals surface area contributed by atoms with Crippen molar-refractivity contribution in [1.29, 1.82) is 0 Å². The summed E-state index contributed by atoms with van der Waals surface area (Å²) in [4.78, 5) is 27.5. The zero-order valence-corrected chi connectivity index (χ0v) is 18.3. The van der Waals surface area contributed by atoms with E-state index in [9.17, 15) is 14.7 Å². The van der Waals surface area contributed by atoms with Gasteiger partial charge in [-0.2, -0.15) is 0 Å². The summed E-state index contributed by atoms with van der Waals surface area (Å²) in [6.45, 7) is 3.74. The number of hydrogen-bond acceptors (Lipinski definition) is 6. The fourth-order valence-corrected chi connectivity index (χ4v) is 4.12. The highest BCUT2D eigenvalue weighted by molar-refractivity contribution is 6.46. The normalized spacial score (nSPS) is 19.4. The number of ketones is 1. The molecule has 1 unspecified atom stereocenters. The van der Waals surface area contributed by atoms with Crippen LogP contribution in [0.1, 0.15) is 36.1 Å². The van der Waals surface area contributed by atoms with Gasteiger partial charge in [0.25, 0.3) is 11.7 Å². The van der Waals surface area contributed by atoms with Gasteiger partial charge in [-0.15, -0.1) is 0 Å². The third-order valence-electron chi connectivity index (χ3n) is 5.81. The molecule has 32 heavy (non-hydrogen) atoms. The van der Waals surface area contributed by atoms with Gasteiger partial charge in [0.15, 0.2) is 11.5 Å². The first-order valence-electron chi connectivity index (χ1n) is 10.8. The van der Waals surface area contributed by atoms with Gasteiger partial charge >= 0.3 is 0 Å². The smallest absolute Gasteiger partial charge is 0.295 e. The Morgan fingerprint density at radius 3 is 2.50 bits per heavy atom. The second kappa shape index (κ2) is 9.44. The van der Waals surface area contributed by atoms with Crippen molar-refractivity contribution in [3.05, 3.63) is 64.7 Å². The second-order valence-corrected chi connectivity index (χ2v) is 7.79. The van der Waals surface area contributed by atoms with Crippen LogP contribution in [0.25, 0.3) is 5.76 Å². The summed E-state index contributed by atoms with van der Waals surface area (Å²) in [5, 5.41) is 11.2. The molecule has 7 heteroatoms. The molecule has 7 nitrogen and oxygen atoms in total. The first-order chi connectivity index (χ1) is 15.5. The Bertz CT molecular complexity index is 1040. The Balaban J connectivity index is 1.79. The third kappa shape index (κ3) is 4.08. The van der Waals surface area contributed by atoms with Gasteiger partial charge in [-0.1, -0.05) is 31.2 Å². The van der Waals surface area contributed by atoms with Gasteiger partial charge in [-0.05, 0) is 42.2 Å². The number of fused-ring (bicyclic) bond motifs is 1. The first-order valence-corrected chi connectivity index (χ1v) is 10.8. The fraction of sp³-hybridized carbons (Fsp3) is 0.360. The van der Waals surface area contributed by atoms with Gasteiger partial charge in [0.2, 0.25) is 0 Å². The lowest BCUT2D eigenvalue weighted by Gasteiger charge is -2.25. The molecule has 1 fully saturated rings. The van der Waals surface area contributed by atoms with Crippen LogP contribution >= 0.6 is 0 Å². The monoisotopic (exact) mass is 437 g/mol. The number of aliphatic hydroxyl groups excluding tert-OH is 1. The van der Waals surface area contributed by atoms with Crippen molar-refractivity contribution in [2.24, 2.45) is 0 Å². The summed E-state index contributed by atoms with van der Waals surface area (Å²) in [7, 11) is 1.59. The Morgan fingerprint density at radius 2 is 1.81 bits per heavy atom. The number of ether oxygens (including phenoxy) is 3. The average Bonchev–Trinajstić information content (AvgIpc) is 3.08. The van der Waals surface area contributed by atoms with E-state index in [1.54, 1.807) is 25.3 Å². The number of methoxy groups -OCH3 is 1. The SMILES string of the molecule is CCc1ccc(C2/C(=C(\O)c3ccc4c(c3)OCCO4)C(=O)C(=O)N2CCCOC)cc1. The predicted octanol–water partition coefficient (Wildman–Crippen LogP) is 3.48. The molecule has 0 aliphatic carbocycles. The summed E-state index contributed by atoms with van der Waals surface area (Å²) in [6.07, 6.45) is 1.46. The van der Waals surface area contributed by atoms with Crippen LogP contribution in [0.5, 0.6) is 11.5 Å². The van der Waals surface area contributed by atoms with Crippen LogP contribution < -0.4 is 9.47 Å². The molecule has 0 radical (unpaired) electrons. The maximum absolute atomic E-state index is 13.1. The summed E-state index contributed by atoms with van der Waals surface area (Å²) >= 11 is 0. The Morgan fingerprint density at radius 1 is 1.09 bits per heavy atom. The van der Waals surface area contributed by atoms with E-state index in [0.29, 0.717) is 49.8 Å². The Labute approximate surface area is 187 Å². The number of amides is 1. The summed E-state index contributed by atoms with van der Waals surface area (Å²) in [5.41, 5.74) is 2.41. The number of hydrogen-bond donors (Lipinski definition) is 1. The summed E-state index contributed by atoms with van der Waals surface area (Å²) in [6, 6.07) is 12.1. The van der Waals surface area contributed by atoms with Crippen molar-refractivity contribution < 1.29 is 28.9 Å². The highest BCUT2D eigenvalue weighted by Gasteiger charge is 2.45. The zero-order chi connectivity index (χ0) is 22.7. The van der Waals surface area contributed by atoms with Crippen LogP contribution in [-0.2, 0) is 20.7 Å². The van der Waals surface area contributed by atoms with Gasteiger partial charge < -0.3 is 24.2 Å². The number of carbonyl (C=O) groups is 2. The maximum Gasteiger partial charge on any atom is 0.295 e. The van der Waals surface area contributed by atoms with Crippen LogP contribution in [0, 0.1) is 0 Å². The minimum atomic E-state index is -0.695. The van der Waals surface area contributed by atoms with Gasteiger partial charge in [-0.3, -0.25) is 9.59 Å². The van der Waals surface area contributed by atoms with Gasteiger partial charge in [0.1, 0.15) is 19.0 Å². The van der Waals surface area contributed by atoms with Crippen molar-refractivity contribution >= 4 is 17.4 Å². The molecule has 1 N–H and O–H groups in total. The molecule has 2 aliphatic heterocycles. The molecule has 1 atom stereocenters.